The van der Waals surface area contributed by atoms with Gasteiger partial charge in [-0.05, 0) is 25.7 Å². The summed E-state index contributed by atoms with van der Waals surface area (Å²) in [5.74, 6) is 0.428. The highest BCUT2D eigenvalue weighted by Crippen LogP contribution is 2.25. The third-order valence-electron chi connectivity index (χ3n) is 3.93. The van der Waals surface area contributed by atoms with Crippen LogP contribution in [-0.4, -0.2) is 18.0 Å². The van der Waals surface area contributed by atoms with Crippen molar-refractivity contribution in [3.63, 3.8) is 0 Å². The van der Waals surface area contributed by atoms with E-state index in [-0.39, 0.29) is 0 Å². The Bertz CT molecular complexity index is 207. The normalized spacial score (nSPS) is 26.4. The van der Waals surface area contributed by atoms with Gasteiger partial charge in [0.1, 0.15) is 5.78 Å². The first-order valence-electron chi connectivity index (χ1n) is 7.02. The van der Waals surface area contributed by atoms with E-state index in [9.17, 15) is 4.79 Å². The van der Waals surface area contributed by atoms with Crippen LogP contribution < -0.4 is 0 Å². The summed E-state index contributed by atoms with van der Waals surface area (Å²) in [4.78, 5) is 11.1. The van der Waals surface area contributed by atoms with E-state index < -0.39 is 0 Å². The van der Waals surface area contributed by atoms with Gasteiger partial charge < -0.3 is 4.74 Å². The maximum absolute atomic E-state index is 11.1. The number of hydrogen-bond donors (Lipinski definition) is 0. The van der Waals surface area contributed by atoms with Crippen molar-refractivity contribution in [2.24, 2.45) is 0 Å². The predicted molar refractivity (Wildman–Crippen MR) is 64.5 cm³/mol. The minimum Gasteiger partial charge on any atom is -0.375 e. The summed E-state index contributed by atoms with van der Waals surface area (Å²) in [6.07, 6.45) is 13.6. The Morgan fingerprint density at radius 2 is 1.25 bits per heavy atom. The molecule has 16 heavy (non-hydrogen) atoms. The van der Waals surface area contributed by atoms with Gasteiger partial charge in [-0.1, -0.05) is 32.1 Å². The summed E-state index contributed by atoms with van der Waals surface area (Å²) >= 11 is 0. The van der Waals surface area contributed by atoms with E-state index in [1.54, 1.807) is 0 Å². The van der Waals surface area contributed by atoms with Crippen molar-refractivity contribution in [3.05, 3.63) is 0 Å². The standard InChI is InChI=1S/C14H24O2/c15-12-8-10-14(11-9-12)16-13-6-4-2-1-3-5-7-13/h13-14H,1-11H2. The van der Waals surface area contributed by atoms with Gasteiger partial charge in [-0.25, -0.2) is 0 Å². The molecule has 0 radical (unpaired) electrons. The summed E-state index contributed by atoms with van der Waals surface area (Å²) in [5, 5.41) is 0. The van der Waals surface area contributed by atoms with Crippen molar-refractivity contribution in [1.29, 1.82) is 0 Å². The molecule has 2 rings (SSSR count). The molecule has 2 heteroatoms. The third kappa shape index (κ3) is 3.89. The third-order valence-corrected chi connectivity index (χ3v) is 3.93. The molecule has 2 aliphatic carbocycles. The second-order valence-electron chi connectivity index (χ2n) is 5.34. The SMILES string of the molecule is O=C1CCC(OC2CCCCCCC2)CC1. The molecule has 0 spiro atoms. The number of Topliss-reactive ketones (excluding diaryl/α,β-unsaturated/α-hetero) is 1. The Hall–Kier alpha value is -0.370. The van der Waals surface area contributed by atoms with E-state index in [1.807, 2.05) is 0 Å². The molecule has 0 atom stereocenters. The molecule has 0 bridgehead atoms. The summed E-state index contributed by atoms with van der Waals surface area (Å²) in [5.41, 5.74) is 0. The van der Waals surface area contributed by atoms with Crippen LogP contribution in [0.4, 0.5) is 0 Å². The first-order valence-corrected chi connectivity index (χ1v) is 7.02. The van der Waals surface area contributed by atoms with Gasteiger partial charge in [-0.3, -0.25) is 4.79 Å². The van der Waals surface area contributed by atoms with Crippen LogP contribution >= 0.6 is 0 Å². The zero-order chi connectivity index (χ0) is 11.2. The van der Waals surface area contributed by atoms with Crippen LogP contribution in [0.25, 0.3) is 0 Å². The predicted octanol–water partition coefficient (Wildman–Crippen LogP) is 3.63. The lowest BCUT2D eigenvalue weighted by atomic mass is 9.95. The second-order valence-corrected chi connectivity index (χ2v) is 5.34. The summed E-state index contributed by atoms with van der Waals surface area (Å²) < 4.78 is 6.16. The Morgan fingerprint density at radius 1 is 0.750 bits per heavy atom. The fourth-order valence-electron chi connectivity index (χ4n) is 2.88. The Labute approximate surface area is 98.7 Å². The van der Waals surface area contributed by atoms with E-state index in [1.165, 1.54) is 44.9 Å². The lowest BCUT2D eigenvalue weighted by molar-refractivity contribution is -0.124. The zero-order valence-electron chi connectivity index (χ0n) is 10.2. The molecule has 2 saturated carbocycles. The van der Waals surface area contributed by atoms with E-state index in [2.05, 4.69) is 0 Å². The van der Waals surface area contributed by atoms with Crippen LogP contribution in [0.1, 0.15) is 70.6 Å². The van der Waals surface area contributed by atoms with Crippen molar-refractivity contribution < 1.29 is 9.53 Å². The fourth-order valence-corrected chi connectivity index (χ4v) is 2.88. The van der Waals surface area contributed by atoms with Crippen LogP contribution in [0, 0.1) is 0 Å². The summed E-state index contributed by atoms with van der Waals surface area (Å²) in [6, 6.07) is 0. The van der Waals surface area contributed by atoms with Crippen molar-refractivity contribution in [3.8, 4) is 0 Å². The number of rotatable bonds is 2. The molecule has 0 unspecified atom stereocenters. The molecule has 2 fully saturated rings. The Balaban J connectivity index is 1.72. The number of carbonyl (C=O) groups is 1. The van der Waals surface area contributed by atoms with Crippen molar-refractivity contribution in [2.75, 3.05) is 0 Å². The van der Waals surface area contributed by atoms with Crippen LogP contribution in [0.3, 0.4) is 0 Å². The van der Waals surface area contributed by atoms with Gasteiger partial charge in [-0.2, -0.15) is 0 Å². The second kappa shape index (κ2) is 6.39. The van der Waals surface area contributed by atoms with Crippen LogP contribution in [0.2, 0.25) is 0 Å². The number of ether oxygens (including phenoxy) is 1. The van der Waals surface area contributed by atoms with Gasteiger partial charge in [0.2, 0.25) is 0 Å². The molecule has 2 aliphatic rings. The van der Waals surface area contributed by atoms with Crippen LogP contribution in [0.5, 0.6) is 0 Å². The average molecular weight is 224 g/mol. The zero-order valence-corrected chi connectivity index (χ0v) is 10.2. The molecule has 92 valence electrons. The van der Waals surface area contributed by atoms with E-state index >= 15 is 0 Å². The number of ketones is 1. The molecule has 0 aliphatic heterocycles. The Morgan fingerprint density at radius 3 is 1.88 bits per heavy atom. The van der Waals surface area contributed by atoms with Gasteiger partial charge >= 0.3 is 0 Å². The molecule has 0 aromatic heterocycles. The first-order chi connectivity index (χ1) is 7.84. The van der Waals surface area contributed by atoms with Crippen molar-refractivity contribution in [1.82, 2.24) is 0 Å². The summed E-state index contributed by atoms with van der Waals surface area (Å²) in [7, 11) is 0. The van der Waals surface area contributed by atoms with Gasteiger partial charge in [-0.15, -0.1) is 0 Å². The van der Waals surface area contributed by atoms with Gasteiger partial charge in [0.15, 0.2) is 0 Å². The maximum atomic E-state index is 11.1. The Kier molecular flexibility index (Phi) is 4.83. The van der Waals surface area contributed by atoms with Crippen molar-refractivity contribution >= 4 is 5.78 Å². The van der Waals surface area contributed by atoms with Gasteiger partial charge in [0, 0.05) is 12.8 Å². The lowest BCUT2D eigenvalue weighted by Gasteiger charge is -2.28. The minimum absolute atomic E-state index is 0.377. The number of hydrogen-bond acceptors (Lipinski definition) is 2. The van der Waals surface area contributed by atoms with Gasteiger partial charge in [0.25, 0.3) is 0 Å². The average Bonchev–Trinajstić information content (AvgIpc) is 2.25. The first kappa shape index (κ1) is 12.1. The van der Waals surface area contributed by atoms with Crippen molar-refractivity contribution in [2.45, 2.75) is 82.8 Å². The quantitative estimate of drug-likeness (QED) is 0.716. The molecular formula is C14H24O2. The molecule has 0 aromatic rings. The monoisotopic (exact) mass is 224 g/mol. The molecule has 0 N–H and O–H groups in total. The van der Waals surface area contributed by atoms with E-state index in [0.29, 0.717) is 18.0 Å². The van der Waals surface area contributed by atoms with Crippen LogP contribution in [-0.2, 0) is 9.53 Å². The molecule has 0 aromatic carbocycles. The number of carbonyl (C=O) groups excluding carboxylic acids is 1. The topological polar surface area (TPSA) is 26.3 Å². The fraction of sp³-hybridized carbons (Fsp3) is 0.929. The molecule has 0 amide bonds. The highest BCUT2D eigenvalue weighted by Gasteiger charge is 2.22. The van der Waals surface area contributed by atoms with E-state index in [4.69, 9.17) is 4.74 Å². The highest BCUT2D eigenvalue weighted by molar-refractivity contribution is 5.79. The molecular weight excluding hydrogens is 200 g/mol. The van der Waals surface area contributed by atoms with Gasteiger partial charge in [0.05, 0.1) is 12.2 Å². The highest BCUT2D eigenvalue weighted by atomic mass is 16.5. The maximum Gasteiger partial charge on any atom is 0.133 e. The molecule has 0 heterocycles. The largest absolute Gasteiger partial charge is 0.375 e. The van der Waals surface area contributed by atoms with E-state index in [0.717, 1.165) is 25.7 Å². The lowest BCUT2D eigenvalue weighted by Crippen LogP contribution is -2.27. The molecule has 0 saturated heterocycles. The summed E-state index contributed by atoms with van der Waals surface area (Å²) in [6.45, 7) is 0. The smallest absolute Gasteiger partial charge is 0.133 e. The minimum atomic E-state index is 0.377. The molecule has 2 nitrogen and oxygen atoms in total. The van der Waals surface area contributed by atoms with Crippen LogP contribution in [0.15, 0.2) is 0 Å².